The molecule has 0 bridgehead atoms. The van der Waals surface area contributed by atoms with Gasteiger partial charge < -0.3 is 33.5 Å². The van der Waals surface area contributed by atoms with E-state index in [2.05, 4.69) is 90.6 Å². The van der Waals surface area contributed by atoms with Crippen LogP contribution in [0.1, 0.15) is 50.3 Å². The second-order valence-corrected chi connectivity index (χ2v) is 14.3. The van der Waals surface area contributed by atoms with Crippen LogP contribution < -0.4 is 14.5 Å². The van der Waals surface area contributed by atoms with Crippen molar-refractivity contribution in [3.05, 3.63) is 107 Å². The maximum absolute atomic E-state index is 14.0. The number of likely N-dealkylation sites (N-methyl/N-ethyl adjacent to an activating group) is 1. The fourth-order valence-electron chi connectivity index (χ4n) is 7.03. The van der Waals surface area contributed by atoms with Crippen LogP contribution in [0.15, 0.2) is 94.9 Å². The average molecular weight is 766 g/mol. The summed E-state index contributed by atoms with van der Waals surface area (Å²) in [6.07, 6.45) is 8.79. The quantitative estimate of drug-likeness (QED) is 0.0334. The summed E-state index contributed by atoms with van der Waals surface area (Å²) in [5, 5.41) is 11.2. The van der Waals surface area contributed by atoms with Gasteiger partial charge in [0.1, 0.15) is 16.9 Å². The van der Waals surface area contributed by atoms with Gasteiger partial charge >= 0.3 is 0 Å². The van der Waals surface area contributed by atoms with Crippen LogP contribution in [0.4, 0.5) is 11.4 Å². The van der Waals surface area contributed by atoms with E-state index in [1.807, 2.05) is 24.3 Å². The number of benzene rings is 3. The molecular formula is C45H55N3O6S. The van der Waals surface area contributed by atoms with E-state index in [1.54, 1.807) is 14.2 Å². The molecule has 1 heterocycles. The number of methoxy groups -OCH3 is 2. The SMILES string of the molecule is CCC(CC)C1=CC(=O)C(=C2c3ccc(N(CC)CCc4ccc(SC#N)cc4)cc3Oc3cc(N(CCOCCOC)CCOCCOC)ccc32)C=C1. The number of ketones is 1. The highest BCUT2D eigenvalue weighted by Gasteiger charge is 2.29. The molecule has 1 aliphatic heterocycles. The topological polar surface area (TPSA) is 93.5 Å². The molecule has 292 valence electrons. The standard InChI is InChI=1S/C45H55N3O6S/c1-6-34(7-2)35-11-16-39(42(49)29-35)45-40-17-12-36(47(8-3)20-19-33-9-14-38(15-10-33)55-32-46)30-43(40)54-44-31-37(13-18-41(44)45)48(21-23-52-27-25-50-4)22-24-53-28-26-51-5/h9-18,29-31,34H,6-8,19-28H2,1-5H3. The van der Waals surface area contributed by atoms with E-state index < -0.39 is 0 Å². The molecule has 0 fully saturated rings. The third kappa shape index (κ3) is 11.1. The molecular weight excluding hydrogens is 711 g/mol. The van der Waals surface area contributed by atoms with Crippen LogP contribution in [0.2, 0.25) is 0 Å². The molecule has 0 spiro atoms. The highest BCUT2D eigenvalue weighted by Crippen LogP contribution is 2.48. The summed E-state index contributed by atoms with van der Waals surface area (Å²) in [6.45, 7) is 12.6. The fraction of sp³-hybridized carbons (Fsp3) is 0.422. The number of carbonyl (C=O) groups is 1. The first-order valence-corrected chi connectivity index (χ1v) is 20.2. The molecule has 0 aromatic heterocycles. The number of rotatable bonds is 22. The smallest absolute Gasteiger partial charge is 0.186 e. The zero-order valence-corrected chi connectivity index (χ0v) is 33.8. The maximum atomic E-state index is 14.0. The van der Waals surface area contributed by atoms with Gasteiger partial charge in [-0.1, -0.05) is 38.1 Å². The number of nitrogens with zero attached hydrogens (tertiary/aromatic N) is 3. The van der Waals surface area contributed by atoms with Crippen molar-refractivity contribution in [2.24, 2.45) is 5.92 Å². The summed E-state index contributed by atoms with van der Waals surface area (Å²) in [5.41, 5.74) is 7.65. The highest BCUT2D eigenvalue weighted by molar-refractivity contribution is 8.03. The Hall–Kier alpha value is -4.37. The van der Waals surface area contributed by atoms with Gasteiger partial charge in [0.15, 0.2) is 5.78 Å². The number of carbonyl (C=O) groups excluding carboxylic acids is 1. The molecule has 0 radical (unpaired) electrons. The molecule has 0 saturated heterocycles. The van der Waals surface area contributed by atoms with Crippen molar-refractivity contribution in [3.63, 3.8) is 0 Å². The van der Waals surface area contributed by atoms with Gasteiger partial charge in [-0.2, -0.15) is 5.26 Å². The second kappa shape index (κ2) is 21.6. The number of fused-ring (bicyclic) bond motifs is 2. The summed E-state index contributed by atoms with van der Waals surface area (Å²) in [7, 11) is 3.34. The van der Waals surface area contributed by atoms with E-state index in [-0.39, 0.29) is 5.78 Å². The molecule has 2 aliphatic rings. The first kappa shape index (κ1) is 41.8. The van der Waals surface area contributed by atoms with Gasteiger partial charge in [0.25, 0.3) is 0 Å². The summed E-state index contributed by atoms with van der Waals surface area (Å²) in [5.74, 6) is 1.78. The van der Waals surface area contributed by atoms with Crippen LogP contribution in [0, 0.1) is 16.6 Å². The number of ether oxygens (including phenoxy) is 5. The van der Waals surface area contributed by atoms with Gasteiger partial charge in [-0.15, -0.1) is 0 Å². The number of hydrogen-bond acceptors (Lipinski definition) is 10. The lowest BCUT2D eigenvalue weighted by atomic mass is 9.83. The van der Waals surface area contributed by atoms with E-state index in [0.29, 0.717) is 75.7 Å². The largest absolute Gasteiger partial charge is 0.456 e. The second-order valence-electron chi connectivity index (χ2n) is 13.5. The Balaban J connectivity index is 1.49. The van der Waals surface area contributed by atoms with Gasteiger partial charge in [-0.3, -0.25) is 4.79 Å². The van der Waals surface area contributed by atoms with E-state index >= 15 is 0 Å². The van der Waals surface area contributed by atoms with E-state index in [0.717, 1.165) is 70.9 Å². The molecule has 3 aromatic rings. The van der Waals surface area contributed by atoms with E-state index in [9.17, 15) is 4.79 Å². The Bertz CT molecular complexity index is 1850. The summed E-state index contributed by atoms with van der Waals surface area (Å²) >= 11 is 1.17. The first-order chi connectivity index (χ1) is 26.9. The zero-order valence-electron chi connectivity index (χ0n) is 33.0. The van der Waals surface area contributed by atoms with Crippen molar-refractivity contribution < 1.29 is 28.5 Å². The predicted octanol–water partition coefficient (Wildman–Crippen LogP) is 8.87. The van der Waals surface area contributed by atoms with Gasteiger partial charge in [0.2, 0.25) is 0 Å². The van der Waals surface area contributed by atoms with Crippen LogP contribution in [0.3, 0.4) is 0 Å². The molecule has 10 heteroatoms. The van der Waals surface area contributed by atoms with Gasteiger partial charge in [-0.25, -0.2) is 0 Å². The highest BCUT2D eigenvalue weighted by atomic mass is 32.2. The minimum atomic E-state index is 0.0174. The Labute approximate surface area is 331 Å². The van der Waals surface area contributed by atoms with Crippen LogP contribution in [0.25, 0.3) is 5.57 Å². The predicted molar refractivity (Wildman–Crippen MR) is 222 cm³/mol. The van der Waals surface area contributed by atoms with Crippen LogP contribution in [-0.2, 0) is 30.2 Å². The molecule has 5 rings (SSSR count). The van der Waals surface area contributed by atoms with Crippen molar-refractivity contribution in [3.8, 4) is 16.9 Å². The number of thioether (sulfide) groups is 1. The van der Waals surface area contributed by atoms with Crippen LogP contribution in [0.5, 0.6) is 11.5 Å². The van der Waals surface area contributed by atoms with E-state index in [4.69, 9.17) is 28.9 Å². The fourth-order valence-corrected chi connectivity index (χ4v) is 7.41. The average Bonchev–Trinajstić information content (AvgIpc) is 3.20. The lowest BCUT2D eigenvalue weighted by Crippen LogP contribution is -2.31. The van der Waals surface area contributed by atoms with Crippen molar-refractivity contribution >= 4 is 34.5 Å². The minimum absolute atomic E-state index is 0.0174. The first-order valence-electron chi connectivity index (χ1n) is 19.4. The molecule has 1 aliphatic carbocycles. The van der Waals surface area contributed by atoms with Crippen LogP contribution in [-0.4, -0.2) is 85.8 Å². The molecule has 3 aromatic carbocycles. The molecule has 9 nitrogen and oxygen atoms in total. The summed E-state index contributed by atoms with van der Waals surface area (Å²) in [4.78, 5) is 19.5. The monoisotopic (exact) mass is 765 g/mol. The number of thiocyanates is 1. The Morgan fingerprint density at radius 2 is 1.35 bits per heavy atom. The lowest BCUT2D eigenvalue weighted by Gasteiger charge is -2.30. The summed E-state index contributed by atoms with van der Waals surface area (Å²) < 4.78 is 28.8. The van der Waals surface area contributed by atoms with Gasteiger partial charge in [0, 0.05) is 91.1 Å². The number of hydrogen-bond donors (Lipinski definition) is 0. The zero-order chi connectivity index (χ0) is 39.0. The normalized spacial score (nSPS) is 14.6. The van der Waals surface area contributed by atoms with Crippen molar-refractivity contribution in [2.45, 2.75) is 44.9 Å². The van der Waals surface area contributed by atoms with Crippen molar-refractivity contribution in [1.82, 2.24) is 0 Å². The Kier molecular flexibility index (Phi) is 16.4. The maximum Gasteiger partial charge on any atom is 0.186 e. The van der Waals surface area contributed by atoms with Crippen molar-refractivity contribution in [1.29, 1.82) is 5.26 Å². The number of nitriles is 1. The summed E-state index contributed by atoms with van der Waals surface area (Å²) in [6, 6.07) is 20.8. The van der Waals surface area contributed by atoms with E-state index in [1.165, 1.54) is 17.3 Å². The van der Waals surface area contributed by atoms with Gasteiger partial charge in [-0.05, 0) is 97.5 Å². The lowest BCUT2D eigenvalue weighted by molar-refractivity contribution is -0.111. The molecule has 55 heavy (non-hydrogen) atoms. The molecule has 0 atom stereocenters. The third-order valence-corrected chi connectivity index (χ3v) is 10.8. The Morgan fingerprint density at radius 3 is 1.87 bits per heavy atom. The molecule has 0 N–H and O–H groups in total. The number of anilines is 2. The third-order valence-electron chi connectivity index (χ3n) is 10.2. The van der Waals surface area contributed by atoms with Crippen molar-refractivity contribution in [2.75, 3.05) is 89.8 Å². The van der Waals surface area contributed by atoms with Gasteiger partial charge in [0.05, 0.1) is 39.6 Å². The number of allylic oxidation sites excluding steroid dienone is 5. The van der Waals surface area contributed by atoms with Crippen LogP contribution >= 0.6 is 11.8 Å². The Morgan fingerprint density at radius 1 is 0.745 bits per heavy atom. The molecule has 0 unspecified atom stereocenters. The minimum Gasteiger partial charge on any atom is -0.456 e. The molecule has 0 amide bonds. The molecule has 0 saturated carbocycles.